The molecule has 2 heterocycles. The number of alkyl halides is 3. The van der Waals surface area contributed by atoms with E-state index in [1.54, 1.807) is 12.4 Å². The van der Waals surface area contributed by atoms with Gasteiger partial charge in [0.1, 0.15) is 5.82 Å². The molecule has 0 unspecified atom stereocenters. The van der Waals surface area contributed by atoms with E-state index in [4.69, 9.17) is 5.73 Å². The van der Waals surface area contributed by atoms with Crippen LogP contribution in [0.3, 0.4) is 0 Å². The second-order valence-electron chi connectivity index (χ2n) is 6.60. The molecule has 2 aromatic carbocycles. The molecule has 0 aliphatic rings. The topological polar surface area (TPSA) is 67.6 Å². The number of imidazole rings is 1. The maximum Gasteiger partial charge on any atom is 0.416 e. The summed E-state index contributed by atoms with van der Waals surface area (Å²) >= 11 is 0. The molecule has 3 N–H and O–H groups in total. The van der Waals surface area contributed by atoms with E-state index in [1.807, 2.05) is 30.3 Å². The maximum atomic E-state index is 12.7. The highest BCUT2D eigenvalue weighted by Crippen LogP contribution is 2.30. The molecule has 7 heteroatoms. The molecule has 0 radical (unpaired) electrons. The molecule has 0 fully saturated rings. The highest BCUT2D eigenvalue weighted by atomic mass is 19.4. The zero-order valence-corrected chi connectivity index (χ0v) is 14.7. The van der Waals surface area contributed by atoms with E-state index >= 15 is 0 Å². The number of hydrogen-bond acceptors (Lipinski definition) is 3. The van der Waals surface area contributed by atoms with Gasteiger partial charge in [0.15, 0.2) is 0 Å². The Kier molecular flexibility index (Phi) is 4.60. The van der Waals surface area contributed by atoms with Gasteiger partial charge in [0.2, 0.25) is 0 Å². The van der Waals surface area contributed by atoms with E-state index in [9.17, 15) is 13.2 Å². The van der Waals surface area contributed by atoms with E-state index in [0.717, 1.165) is 39.9 Å². The van der Waals surface area contributed by atoms with E-state index in [2.05, 4.69) is 15.0 Å². The van der Waals surface area contributed by atoms with Crippen LogP contribution >= 0.6 is 0 Å². The number of benzene rings is 2. The highest BCUT2D eigenvalue weighted by molar-refractivity contribution is 5.82. The molecule has 0 spiro atoms. The van der Waals surface area contributed by atoms with Gasteiger partial charge >= 0.3 is 6.18 Å². The van der Waals surface area contributed by atoms with Gasteiger partial charge in [0.25, 0.3) is 0 Å². The minimum atomic E-state index is -4.34. The first-order valence-electron chi connectivity index (χ1n) is 8.72. The molecule has 2 aromatic heterocycles. The number of hydrogen-bond donors (Lipinski definition) is 2. The Morgan fingerprint density at radius 1 is 0.929 bits per heavy atom. The van der Waals surface area contributed by atoms with Crippen LogP contribution in [0.15, 0.2) is 67.0 Å². The largest absolute Gasteiger partial charge is 0.416 e. The smallest absolute Gasteiger partial charge is 0.341 e. The highest BCUT2D eigenvalue weighted by Gasteiger charge is 2.30. The zero-order chi connectivity index (χ0) is 19.7. The number of aromatic amines is 1. The molecule has 28 heavy (non-hydrogen) atoms. The fourth-order valence-electron chi connectivity index (χ4n) is 3.11. The van der Waals surface area contributed by atoms with Gasteiger partial charge < -0.3 is 10.7 Å². The third kappa shape index (κ3) is 3.75. The number of fused-ring (bicyclic) bond motifs is 1. The van der Waals surface area contributed by atoms with Gasteiger partial charge in [0.05, 0.1) is 22.6 Å². The van der Waals surface area contributed by atoms with Crippen LogP contribution in [0.5, 0.6) is 0 Å². The molecular weight excluding hydrogens is 365 g/mol. The first-order valence-corrected chi connectivity index (χ1v) is 8.72. The molecule has 0 amide bonds. The molecule has 0 aliphatic heterocycles. The van der Waals surface area contributed by atoms with Crippen LogP contribution in [0, 0.1) is 0 Å². The molecule has 0 bridgehead atoms. The van der Waals surface area contributed by atoms with Gasteiger partial charge in [-0.15, -0.1) is 0 Å². The summed E-state index contributed by atoms with van der Waals surface area (Å²) < 4.78 is 38.0. The number of pyridine rings is 1. The molecule has 0 aliphatic carbocycles. The summed E-state index contributed by atoms with van der Waals surface area (Å²) in [6.07, 6.45) is -0.489. The average Bonchev–Trinajstić information content (AvgIpc) is 3.12. The Labute approximate surface area is 159 Å². The molecular formula is C21H17F3N4. The van der Waals surface area contributed by atoms with Crippen LogP contribution in [0.1, 0.15) is 23.0 Å². The van der Waals surface area contributed by atoms with Gasteiger partial charge in [-0.2, -0.15) is 13.2 Å². The lowest BCUT2D eigenvalue weighted by molar-refractivity contribution is -0.137. The molecule has 4 rings (SSSR count). The van der Waals surface area contributed by atoms with Crippen molar-refractivity contribution in [3.05, 3.63) is 83.9 Å². The third-order valence-corrected chi connectivity index (χ3v) is 4.60. The summed E-state index contributed by atoms with van der Waals surface area (Å²) in [5.74, 6) is 0.599. The Bertz CT molecular complexity index is 1090. The Balaban J connectivity index is 1.55. The van der Waals surface area contributed by atoms with Crippen LogP contribution in [-0.4, -0.2) is 15.0 Å². The zero-order valence-electron chi connectivity index (χ0n) is 14.7. The van der Waals surface area contributed by atoms with Crippen LogP contribution in [0.4, 0.5) is 13.2 Å². The molecule has 4 aromatic rings. The molecule has 1 atom stereocenters. The predicted octanol–water partition coefficient (Wildman–Crippen LogP) is 4.89. The van der Waals surface area contributed by atoms with Crippen molar-refractivity contribution in [1.82, 2.24) is 15.0 Å². The second-order valence-corrected chi connectivity index (χ2v) is 6.60. The van der Waals surface area contributed by atoms with Crippen molar-refractivity contribution >= 4 is 11.0 Å². The van der Waals surface area contributed by atoms with Gasteiger partial charge in [-0.3, -0.25) is 4.98 Å². The van der Waals surface area contributed by atoms with Crippen molar-refractivity contribution in [2.45, 2.75) is 18.6 Å². The minimum Gasteiger partial charge on any atom is -0.341 e. The number of rotatable bonds is 4. The first-order chi connectivity index (χ1) is 13.4. The Morgan fingerprint density at radius 3 is 2.32 bits per heavy atom. The fourth-order valence-corrected chi connectivity index (χ4v) is 3.11. The van der Waals surface area contributed by atoms with Gasteiger partial charge in [-0.05, 0) is 59.5 Å². The molecule has 4 nitrogen and oxygen atoms in total. The summed E-state index contributed by atoms with van der Waals surface area (Å²) in [5, 5.41) is 0. The number of H-pyrrole nitrogens is 1. The van der Waals surface area contributed by atoms with Crippen molar-refractivity contribution in [2.24, 2.45) is 5.73 Å². The van der Waals surface area contributed by atoms with Crippen LogP contribution in [-0.2, 0) is 12.6 Å². The van der Waals surface area contributed by atoms with Crippen molar-refractivity contribution < 1.29 is 13.2 Å². The second kappa shape index (κ2) is 7.09. The summed E-state index contributed by atoms with van der Waals surface area (Å²) in [5.41, 5.74) is 10.0. The monoisotopic (exact) mass is 382 g/mol. The maximum absolute atomic E-state index is 12.7. The average molecular weight is 382 g/mol. The van der Waals surface area contributed by atoms with Gasteiger partial charge in [-0.25, -0.2) is 4.98 Å². The van der Waals surface area contributed by atoms with Crippen molar-refractivity contribution in [2.75, 3.05) is 0 Å². The number of nitrogens with one attached hydrogen (secondary N) is 1. The summed E-state index contributed by atoms with van der Waals surface area (Å²) in [6, 6.07) is 14.3. The first kappa shape index (κ1) is 18.2. The van der Waals surface area contributed by atoms with Gasteiger partial charge in [0, 0.05) is 12.4 Å². The third-order valence-electron chi connectivity index (χ3n) is 4.60. The van der Waals surface area contributed by atoms with Crippen molar-refractivity contribution in [3.8, 4) is 11.1 Å². The van der Waals surface area contributed by atoms with E-state index in [1.165, 1.54) is 12.1 Å². The number of aromatic nitrogens is 3. The normalized spacial score (nSPS) is 13.0. The summed E-state index contributed by atoms with van der Waals surface area (Å²) in [6.45, 7) is 0. The SMILES string of the molecule is N[C@H](Cc1ccc(C(F)(F)F)cc1)c1nc2ccc(-c3ccncc3)cc2[nH]1. The fraction of sp³-hybridized carbons (Fsp3) is 0.143. The molecule has 0 saturated carbocycles. The van der Waals surface area contributed by atoms with Crippen molar-refractivity contribution in [1.29, 1.82) is 0 Å². The summed E-state index contributed by atoms with van der Waals surface area (Å²) in [7, 11) is 0. The van der Waals surface area contributed by atoms with E-state index in [-0.39, 0.29) is 0 Å². The number of nitrogens with two attached hydrogens (primary N) is 1. The van der Waals surface area contributed by atoms with Gasteiger partial charge in [-0.1, -0.05) is 18.2 Å². The van der Waals surface area contributed by atoms with E-state index < -0.39 is 17.8 Å². The van der Waals surface area contributed by atoms with Crippen LogP contribution < -0.4 is 5.73 Å². The number of halogens is 3. The lowest BCUT2D eigenvalue weighted by Crippen LogP contribution is -2.15. The molecule has 0 saturated heterocycles. The molecule has 142 valence electrons. The Hall–Kier alpha value is -3.19. The number of nitrogens with zero attached hydrogens (tertiary/aromatic N) is 2. The van der Waals surface area contributed by atoms with E-state index in [0.29, 0.717) is 12.2 Å². The quantitative estimate of drug-likeness (QED) is 0.528. The summed E-state index contributed by atoms with van der Waals surface area (Å²) in [4.78, 5) is 11.8. The Morgan fingerprint density at radius 2 is 1.64 bits per heavy atom. The minimum absolute atomic E-state index is 0.384. The standard InChI is InChI=1S/C21H17F3N4/c22-21(23,24)16-4-1-13(2-5-16)11-17(25)20-27-18-6-3-15(12-19(18)28-20)14-7-9-26-10-8-14/h1-10,12,17H,11,25H2,(H,27,28)/t17-/m1/s1. The van der Waals surface area contributed by atoms with Crippen LogP contribution in [0.2, 0.25) is 0 Å². The lowest BCUT2D eigenvalue weighted by Gasteiger charge is -2.10. The van der Waals surface area contributed by atoms with Crippen molar-refractivity contribution in [3.63, 3.8) is 0 Å². The predicted molar refractivity (Wildman–Crippen MR) is 101 cm³/mol. The van der Waals surface area contributed by atoms with Crippen LogP contribution in [0.25, 0.3) is 22.2 Å². The lowest BCUT2D eigenvalue weighted by atomic mass is 10.0.